The standard InChI is InChI=1S/C12H12ClF3N2O2/c13-8-1-2-10(18-3-5-20-6-4-18)9(7-8)17-11(19)12(14,15)16/h1-2,7H,3-6H2,(H,17,19). The van der Waals surface area contributed by atoms with Crippen LogP contribution in [-0.2, 0) is 9.53 Å². The summed E-state index contributed by atoms with van der Waals surface area (Å²) in [7, 11) is 0. The number of carbonyl (C=O) groups is 1. The van der Waals surface area contributed by atoms with Gasteiger partial charge in [0.05, 0.1) is 24.6 Å². The maximum atomic E-state index is 12.3. The number of rotatable bonds is 2. The zero-order chi connectivity index (χ0) is 14.8. The van der Waals surface area contributed by atoms with Crippen molar-refractivity contribution < 1.29 is 22.7 Å². The van der Waals surface area contributed by atoms with E-state index in [9.17, 15) is 18.0 Å². The quantitative estimate of drug-likeness (QED) is 0.913. The third-order valence-electron chi connectivity index (χ3n) is 2.82. The molecular formula is C12H12ClF3N2O2. The van der Waals surface area contributed by atoms with Gasteiger partial charge in [-0.25, -0.2) is 0 Å². The number of hydrogen-bond donors (Lipinski definition) is 1. The highest BCUT2D eigenvalue weighted by Gasteiger charge is 2.39. The van der Waals surface area contributed by atoms with Crippen molar-refractivity contribution in [2.75, 3.05) is 36.5 Å². The number of alkyl halides is 3. The summed E-state index contributed by atoms with van der Waals surface area (Å²) in [5, 5.41) is 2.11. The molecule has 0 aliphatic carbocycles. The molecule has 1 aromatic rings. The van der Waals surface area contributed by atoms with E-state index in [1.54, 1.807) is 12.1 Å². The fourth-order valence-corrected chi connectivity index (χ4v) is 2.05. The Morgan fingerprint density at radius 3 is 2.55 bits per heavy atom. The third-order valence-corrected chi connectivity index (χ3v) is 3.05. The maximum Gasteiger partial charge on any atom is 0.471 e. The first-order valence-corrected chi connectivity index (χ1v) is 6.26. The van der Waals surface area contributed by atoms with Crippen LogP contribution in [0.25, 0.3) is 0 Å². The zero-order valence-electron chi connectivity index (χ0n) is 10.3. The number of amides is 1. The fraction of sp³-hybridized carbons (Fsp3) is 0.417. The molecule has 0 saturated carbocycles. The number of carbonyl (C=O) groups excluding carboxylic acids is 1. The molecule has 0 bridgehead atoms. The number of hydrogen-bond acceptors (Lipinski definition) is 3. The number of nitrogens with one attached hydrogen (secondary N) is 1. The second-order valence-corrected chi connectivity index (χ2v) is 4.65. The van der Waals surface area contributed by atoms with Crippen LogP contribution in [0.15, 0.2) is 18.2 Å². The van der Waals surface area contributed by atoms with E-state index in [1.807, 2.05) is 10.2 Å². The Balaban J connectivity index is 2.26. The monoisotopic (exact) mass is 308 g/mol. The highest BCUT2D eigenvalue weighted by atomic mass is 35.5. The van der Waals surface area contributed by atoms with Crippen LogP contribution in [0, 0.1) is 0 Å². The number of anilines is 2. The molecule has 1 amide bonds. The number of benzene rings is 1. The SMILES string of the molecule is O=C(Nc1cc(Cl)ccc1N1CCOCC1)C(F)(F)F. The molecule has 1 fully saturated rings. The lowest BCUT2D eigenvalue weighted by Crippen LogP contribution is -2.37. The van der Waals surface area contributed by atoms with Gasteiger partial charge in [-0.3, -0.25) is 4.79 Å². The second kappa shape index (κ2) is 5.88. The molecule has 0 spiro atoms. The van der Waals surface area contributed by atoms with Crippen LogP contribution in [0.3, 0.4) is 0 Å². The van der Waals surface area contributed by atoms with E-state index in [4.69, 9.17) is 16.3 Å². The number of ether oxygens (including phenoxy) is 1. The minimum Gasteiger partial charge on any atom is -0.378 e. The normalized spacial score (nSPS) is 16.1. The van der Waals surface area contributed by atoms with E-state index in [0.29, 0.717) is 32.0 Å². The van der Waals surface area contributed by atoms with Gasteiger partial charge in [0.2, 0.25) is 0 Å². The first-order valence-electron chi connectivity index (χ1n) is 5.88. The van der Waals surface area contributed by atoms with E-state index < -0.39 is 12.1 Å². The van der Waals surface area contributed by atoms with Crippen LogP contribution >= 0.6 is 11.6 Å². The van der Waals surface area contributed by atoms with E-state index in [1.165, 1.54) is 6.07 Å². The summed E-state index contributed by atoms with van der Waals surface area (Å²) in [5.74, 6) is -2.02. The summed E-state index contributed by atoms with van der Waals surface area (Å²) in [6.07, 6.45) is -4.94. The molecule has 0 aromatic heterocycles. The van der Waals surface area contributed by atoms with Gasteiger partial charge in [0.15, 0.2) is 0 Å². The summed E-state index contributed by atoms with van der Waals surface area (Å²) in [5.41, 5.74) is 0.539. The van der Waals surface area contributed by atoms with Crippen LogP contribution in [-0.4, -0.2) is 38.4 Å². The Kier molecular flexibility index (Phi) is 4.39. The molecule has 2 rings (SSSR count). The van der Waals surface area contributed by atoms with Gasteiger partial charge in [0.25, 0.3) is 0 Å². The number of nitrogens with zero attached hydrogens (tertiary/aromatic N) is 1. The van der Waals surface area contributed by atoms with Gasteiger partial charge in [-0.05, 0) is 18.2 Å². The minimum absolute atomic E-state index is 0.0433. The Bertz CT molecular complexity index is 502. The van der Waals surface area contributed by atoms with Gasteiger partial charge in [-0.2, -0.15) is 13.2 Å². The average molecular weight is 309 g/mol. The van der Waals surface area contributed by atoms with Crippen molar-refractivity contribution >= 4 is 28.9 Å². The summed E-state index contributed by atoms with van der Waals surface area (Å²) in [6, 6.07) is 4.45. The molecule has 1 heterocycles. The van der Waals surface area contributed by atoms with Gasteiger partial charge < -0.3 is 15.0 Å². The van der Waals surface area contributed by atoms with Crippen LogP contribution in [0.2, 0.25) is 5.02 Å². The van der Waals surface area contributed by atoms with Gasteiger partial charge in [0, 0.05) is 18.1 Å². The highest BCUT2D eigenvalue weighted by Crippen LogP contribution is 2.31. The summed E-state index contributed by atoms with van der Waals surface area (Å²) in [6.45, 7) is 2.04. The first kappa shape index (κ1) is 14.9. The first-order chi connectivity index (χ1) is 9.38. The van der Waals surface area contributed by atoms with Gasteiger partial charge >= 0.3 is 12.1 Å². The molecule has 1 aliphatic rings. The number of morpholine rings is 1. The van der Waals surface area contributed by atoms with Crippen LogP contribution in [0.4, 0.5) is 24.5 Å². The van der Waals surface area contributed by atoms with Crippen molar-refractivity contribution in [2.24, 2.45) is 0 Å². The van der Waals surface area contributed by atoms with E-state index in [2.05, 4.69) is 0 Å². The van der Waals surface area contributed by atoms with Crippen LogP contribution < -0.4 is 10.2 Å². The van der Waals surface area contributed by atoms with Crippen molar-refractivity contribution in [1.82, 2.24) is 0 Å². The molecule has 1 aliphatic heterocycles. The molecule has 1 N–H and O–H groups in total. The zero-order valence-corrected chi connectivity index (χ0v) is 11.1. The Morgan fingerprint density at radius 1 is 1.30 bits per heavy atom. The van der Waals surface area contributed by atoms with Gasteiger partial charge in [-0.15, -0.1) is 0 Å². The summed E-state index contributed by atoms with van der Waals surface area (Å²) >= 11 is 5.78. The third kappa shape index (κ3) is 3.55. The van der Waals surface area contributed by atoms with E-state index in [-0.39, 0.29) is 10.7 Å². The molecule has 8 heteroatoms. The summed E-state index contributed by atoms with van der Waals surface area (Å²) in [4.78, 5) is 12.9. The molecule has 20 heavy (non-hydrogen) atoms. The molecule has 4 nitrogen and oxygen atoms in total. The van der Waals surface area contributed by atoms with Crippen molar-refractivity contribution in [3.05, 3.63) is 23.2 Å². The molecule has 0 radical (unpaired) electrons. The average Bonchev–Trinajstić information content (AvgIpc) is 2.39. The molecule has 110 valence electrons. The van der Waals surface area contributed by atoms with Crippen molar-refractivity contribution in [2.45, 2.75) is 6.18 Å². The topological polar surface area (TPSA) is 41.6 Å². The molecule has 0 unspecified atom stereocenters. The minimum atomic E-state index is -4.94. The molecule has 1 saturated heterocycles. The lowest BCUT2D eigenvalue weighted by Gasteiger charge is -2.30. The lowest BCUT2D eigenvalue weighted by molar-refractivity contribution is -0.167. The predicted molar refractivity (Wildman–Crippen MR) is 69.2 cm³/mol. The Labute approximate surface area is 118 Å². The lowest BCUT2D eigenvalue weighted by atomic mass is 10.2. The van der Waals surface area contributed by atoms with Crippen molar-refractivity contribution in [3.63, 3.8) is 0 Å². The largest absolute Gasteiger partial charge is 0.471 e. The molecule has 1 aromatic carbocycles. The van der Waals surface area contributed by atoms with Gasteiger partial charge in [0.1, 0.15) is 0 Å². The molecule has 0 atom stereocenters. The van der Waals surface area contributed by atoms with Crippen LogP contribution in [0.1, 0.15) is 0 Å². The van der Waals surface area contributed by atoms with Crippen LogP contribution in [0.5, 0.6) is 0 Å². The van der Waals surface area contributed by atoms with Crippen molar-refractivity contribution in [3.8, 4) is 0 Å². The Hall–Kier alpha value is -1.47. The fourth-order valence-electron chi connectivity index (χ4n) is 1.88. The van der Waals surface area contributed by atoms with Gasteiger partial charge in [-0.1, -0.05) is 11.6 Å². The summed E-state index contributed by atoms with van der Waals surface area (Å²) < 4.78 is 42.2. The second-order valence-electron chi connectivity index (χ2n) is 4.21. The Morgan fingerprint density at radius 2 is 1.95 bits per heavy atom. The molecular weight excluding hydrogens is 297 g/mol. The van der Waals surface area contributed by atoms with E-state index in [0.717, 1.165) is 0 Å². The van der Waals surface area contributed by atoms with E-state index >= 15 is 0 Å². The smallest absolute Gasteiger partial charge is 0.378 e. The van der Waals surface area contributed by atoms with Crippen molar-refractivity contribution in [1.29, 1.82) is 0 Å². The highest BCUT2D eigenvalue weighted by molar-refractivity contribution is 6.31. The maximum absolute atomic E-state index is 12.3. The number of halogens is 4. The predicted octanol–water partition coefficient (Wildman–Crippen LogP) is 2.68.